The minimum atomic E-state index is -0.443. The van der Waals surface area contributed by atoms with Crippen molar-refractivity contribution in [3.63, 3.8) is 0 Å². The number of nitrogens with zero attached hydrogens (tertiary/aromatic N) is 3. The maximum absolute atomic E-state index is 11.4. The van der Waals surface area contributed by atoms with Crippen LogP contribution in [0.1, 0.15) is 22.2 Å². The third-order valence-electron chi connectivity index (χ3n) is 3.07. The molecule has 6 nitrogen and oxygen atoms in total. The fraction of sp³-hybridized carbons (Fsp3) is 0.286. The lowest BCUT2D eigenvalue weighted by atomic mass is 10.2. The Bertz CT molecular complexity index is 655. The van der Waals surface area contributed by atoms with Gasteiger partial charge in [-0.3, -0.25) is 19.9 Å². The van der Waals surface area contributed by atoms with E-state index in [0.717, 1.165) is 23.3 Å². The molecule has 0 saturated heterocycles. The number of anilines is 1. The van der Waals surface area contributed by atoms with Gasteiger partial charge in [-0.25, -0.2) is 0 Å². The first-order chi connectivity index (χ1) is 9.99. The fourth-order valence-electron chi connectivity index (χ4n) is 1.90. The second-order valence-electron chi connectivity index (χ2n) is 4.64. The number of aromatic nitrogens is 1. The van der Waals surface area contributed by atoms with E-state index in [-0.39, 0.29) is 11.5 Å². The van der Waals surface area contributed by atoms with E-state index >= 15 is 0 Å². The van der Waals surface area contributed by atoms with Gasteiger partial charge in [0, 0.05) is 32.1 Å². The lowest BCUT2D eigenvalue weighted by molar-refractivity contribution is -0.383. The van der Waals surface area contributed by atoms with Crippen molar-refractivity contribution in [2.45, 2.75) is 13.3 Å². The van der Waals surface area contributed by atoms with E-state index in [1.54, 1.807) is 19.4 Å². The molecule has 0 amide bonds. The number of carbonyl (C=O) groups is 1. The van der Waals surface area contributed by atoms with Crippen molar-refractivity contribution in [3.8, 4) is 0 Å². The van der Waals surface area contributed by atoms with Gasteiger partial charge in [-0.2, -0.15) is 0 Å². The van der Waals surface area contributed by atoms with Gasteiger partial charge in [0.25, 0.3) is 0 Å². The van der Waals surface area contributed by atoms with E-state index in [2.05, 4.69) is 4.98 Å². The van der Waals surface area contributed by atoms with Crippen LogP contribution < -0.4 is 4.90 Å². The molecular formula is C14H15N3O3S. The third kappa shape index (κ3) is 3.63. The number of carbonyl (C=O) groups excluding carboxylic acids is 1. The minimum Gasteiger partial charge on any atom is -0.361 e. The Labute approximate surface area is 126 Å². The normalized spacial score (nSPS) is 10.4. The largest absolute Gasteiger partial charge is 0.361 e. The molecule has 7 heteroatoms. The van der Waals surface area contributed by atoms with Gasteiger partial charge in [0.05, 0.1) is 9.80 Å². The number of ketones is 1. The average molecular weight is 305 g/mol. The van der Waals surface area contributed by atoms with Crippen LogP contribution in [0, 0.1) is 10.1 Å². The van der Waals surface area contributed by atoms with Crippen molar-refractivity contribution in [1.29, 1.82) is 0 Å². The third-order valence-corrected chi connectivity index (χ3v) is 4.41. The molecule has 0 aliphatic heterocycles. The zero-order valence-electron chi connectivity index (χ0n) is 11.8. The van der Waals surface area contributed by atoms with Crippen LogP contribution in [-0.2, 0) is 6.42 Å². The summed E-state index contributed by atoms with van der Waals surface area (Å²) in [5.74, 6) is -0.156. The molecule has 2 aromatic rings. The quantitative estimate of drug-likeness (QED) is 0.466. The molecule has 2 rings (SSSR count). The van der Waals surface area contributed by atoms with Crippen LogP contribution in [-0.4, -0.2) is 29.3 Å². The van der Waals surface area contributed by atoms with Gasteiger partial charge < -0.3 is 4.90 Å². The molecule has 0 bridgehead atoms. The zero-order valence-corrected chi connectivity index (χ0v) is 12.6. The first-order valence-corrected chi connectivity index (χ1v) is 7.20. The summed E-state index contributed by atoms with van der Waals surface area (Å²) in [5.41, 5.74) is 1.10. The van der Waals surface area contributed by atoms with Crippen molar-refractivity contribution in [1.82, 2.24) is 4.98 Å². The second kappa shape index (κ2) is 6.45. The highest BCUT2D eigenvalue weighted by molar-refractivity contribution is 7.18. The Morgan fingerprint density at radius 2 is 2.10 bits per heavy atom. The molecule has 0 N–H and O–H groups in total. The molecule has 0 fully saturated rings. The maximum atomic E-state index is 11.4. The summed E-state index contributed by atoms with van der Waals surface area (Å²) in [6.07, 6.45) is 4.19. The molecular weight excluding hydrogens is 290 g/mol. The van der Waals surface area contributed by atoms with E-state index in [1.165, 1.54) is 13.0 Å². The first-order valence-electron chi connectivity index (χ1n) is 6.38. The van der Waals surface area contributed by atoms with Crippen molar-refractivity contribution in [2.75, 3.05) is 18.5 Å². The summed E-state index contributed by atoms with van der Waals surface area (Å²) in [6.45, 7) is 2.04. The maximum Gasteiger partial charge on any atom is 0.304 e. The number of thiophene rings is 1. The van der Waals surface area contributed by atoms with Crippen LogP contribution in [0.5, 0.6) is 0 Å². The van der Waals surface area contributed by atoms with Crippen LogP contribution in [0.25, 0.3) is 0 Å². The molecule has 2 heterocycles. The Hall–Kier alpha value is -2.28. The molecule has 0 radical (unpaired) electrons. The van der Waals surface area contributed by atoms with Gasteiger partial charge in [-0.15, -0.1) is 11.3 Å². The number of rotatable bonds is 6. The Morgan fingerprint density at radius 3 is 2.67 bits per heavy atom. The minimum absolute atomic E-state index is 0.0116. The molecule has 0 aliphatic rings. The molecule has 0 aliphatic carbocycles. The van der Waals surface area contributed by atoms with Gasteiger partial charge >= 0.3 is 5.69 Å². The lowest BCUT2D eigenvalue weighted by Gasteiger charge is -2.16. The summed E-state index contributed by atoms with van der Waals surface area (Å²) >= 11 is 1.16. The first kappa shape index (κ1) is 15.1. The van der Waals surface area contributed by atoms with Gasteiger partial charge in [0.2, 0.25) is 0 Å². The summed E-state index contributed by atoms with van der Waals surface area (Å²) < 4.78 is 0. The highest BCUT2D eigenvalue weighted by Gasteiger charge is 2.23. The van der Waals surface area contributed by atoms with Gasteiger partial charge in [0.1, 0.15) is 0 Å². The number of nitro groups is 1. The number of Topliss-reactive ketones (excluding diaryl/α,β-unsaturated/α-hetero) is 1. The predicted octanol–water partition coefficient (Wildman–Crippen LogP) is 2.93. The second-order valence-corrected chi connectivity index (χ2v) is 5.67. The average Bonchev–Trinajstić information content (AvgIpc) is 2.91. The zero-order chi connectivity index (χ0) is 15.4. The van der Waals surface area contributed by atoms with Crippen LogP contribution in [0.3, 0.4) is 0 Å². The van der Waals surface area contributed by atoms with Crippen molar-refractivity contribution in [3.05, 3.63) is 51.1 Å². The van der Waals surface area contributed by atoms with Crippen LogP contribution >= 0.6 is 11.3 Å². The number of hydrogen-bond acceptors (Lipinski definition) is 6. The SMILES string of the molecule is CC(=O)c1cc([N+](=O)[O-])c(N(C)CCc2ccncc2)s1. The van der Waals surface area contributed by atoms with E-state index in [0.29, 0.717) is 16.4 Å². The summed E-state index contributed by atoms with van der Waals surface area (Å²) in [4.78, 5) is 28.2. The number of likely N-dealkylation sites (N-methyl/N-ethyl adjacent to an activating group) is 1. The number of pyridine rings is 1. The summed E-state index contributed by atoms with van der Waals surface area (Å²) in [6, 6.07) is 5.18. The monoisotopic (exact) mass is 305 g/mol. The summed E-state index contributed by atoms with van der Waals surface area (Å²) in [5, 5.41) is 11.6. The van der Waals surface area contributed by atoms with E-state index in [9.17, 15) is 14.9 Å². The van der Waals surface area contributed by atoms with Crippen molar-refractivity contribution in [2.24, 2.45) is 0 Å². The topological polar surface area (TPSA) is 76.3 Å². The Balaban J connectivity index is 2.16. The fourth-order valence-corrected chi connectivity index (χ4v) is 2.91. The van der Waals surface area contributed by atoms with Crippen LogP contribution in [0.15, 0.2) is 30.6 Å². The molecule has 0 atom stereocenters. The van der Waals surface area contributed by atoms with Gasteiger partial charge in [0.15, 0.2) is 10.8 Å². The molecule has 0 unspecified atom stereocenters. The van der Waals surface area contributed by atoms with E-state index in [1.807, 2.05) is 17.0 Å². The van der Waals surface area contributed by atoms with E-state index in [4.69, 9.17) is 0 Å². The smallest absolute Gasteiger partial charge is 0.304 e. The molecule has 0 saturated carbocycles. The molecule has 0 spiro atoms. The van der Waals surface area contributed by atoms with Gasteiger partial charge in [-0.1, -0.05) is 0 Å². The van der Waals surface area contributed by atoms with Crippen molar-refractivity contribution < 1.29 is 9.72 Å². The Kier molecular flexibility index (Phi) is 4.64. The number of hydrogen-bond donors (Lipinski definition) is 0. The van der Waals surface area contributed by atoms with Crippen LogP contribution in [0.4, 0.5) is 10.7 Å². The van der Waals surface area contributed by atoms with Crippen molar-refractivity contribution >= 4 is 27.8 Å². The Morgan fingerprint density at radius 1 is 1.43 bits per heavy atom. The highest BCUT2D eigenvalue weighted by Crippen LogP contribution is 2.37. The summed E-state index contributed by atoms with van der Waals surface area (Å²) in [7, 11) is 1.80. The molecule has 2 aromatic heterocycles. The molecule has 0 aromatic carbocycles. The predicted molar refractivity (Wildman–Crippen MR) is 82.2 cm³/mol. The lowest BCUT2D eigenvalue weighted by Crippen LogP contribution is -2.20. The highest BCUT2D eigenvalue weighted by atomic mass is 32.1. The van der Waals surface area contributed by atoms with E-state index < -0.39 is 4.92 Å². The standard InChI is InChI=1S/C14H15N3O3S/c1-10(18)13-9-12(17(19)20)14(21-13)16(2)8-5-11-3-6-15-7-4-11/h3-4,6-7,9H,5,8H2,1-2H3. The van der Waals surface area contributed by atoms with Gasteiger partial charge in [-0.05, 0) is 31.0 Å². The molecule has 21 heavy (non-hydrogen) atoms. The van der Waals surface area contributed by atoms with Crippen LogP contribution in [0.2, 0.25) is 0 Å². The molecule has 110 valence electrons.